The van der Waals surface area contributed by atoms with Gasteiger partial charge >= 0.3 is 0 Å². The van der Waals surface area contributed by atoms with E-state index in [-0.39, 0.29) is 5.92 Å². The zero-order valence-corrected chi connectivity index (χ0v) is 11.3. The number of nitrogens with zero attached hydrogens (tertiary/aromatic N) is 3. The van der Waals surface area contributed by atoms with E-state index < -0.39 is 0 Å². The SMILES string of the molecule is O=C(c1cccs1)C1CCN(c2ncccn2)CC1. The standard InChI is InChI=1S/C14H15N3OS/c18-13(12-3-1-10-19-12)11-4-8-17(9-5-11)14-15-6-2-7-16-14/h1-3,6-7,10-11H,4-5,8-9H2. The summed E-state index contributed by atoms with van der Waals surface area (Å²) in [6.07, 6.45) is 5.28. The first-order chi connectivity index (χ1) is 9.34. The molecule has 1 aliphatic heterocycles. The van der Waals surface area contributed by atoms with Gasteiger partial charge in [0.2, 0.25) is 5.95 Å². The van der Waals surface area contributed by atoms with Gasteiger partial charge in [-0.2, -0.15) is 0 Å². The molecular formula is C14H15N3OS. The molecule has 0 aromatic carbocycles. The Bertz CT molecular complexity index is 533. The quantitative estimate of drug-likeness (QED) is 0.807. The second kappa shape index (κ2) is 5.48. The molecule has 1 saturated heterocycles. The molecule has 3 rings (SSSR count). The van der Waals surface area contributed by atoms with Gasteiger partial charge in [-0.05, 0) is 30.4 Å². The maximum atomic E-state index is 12.3. The molecule has 1 fully saturated rings. The first kappa shape index (κ1) is 12.3. The molecule has 0 saturated carbocycles. The van der Waals surface area contributed by atoms with E-state index in [0.717, 1.165) is 36.8 Å². The van der Waals surface area contributed by atoms with E-state index in [1.165, 1.54) is 11.3 Å². The van der Waals surface area contributed by atoms with Gasteiger partial charge < -0.3 is 4.90 Å². The Hall–Kier alpha value is -1.75. The van der Waals surface area contributed by atoms with Crippen LogP contribution >= 0.6 is 11.3 Å². The van der Waals surface area contributed by atoms with Gasteiger partial charge in [0, 0.05) is 31.4 Å². The van der Waals surface area contributed by atoms with Gasteiger partial charge in [0.05, 0.1) is 4.88 Å². The number of aromatic nitrogens is 2. The highest BCUT2D eigenvalue weighted by Crippen LogP contribution is 2.25. The molecule has 2 aromatic heterocycles. The third-order valence-electron chi connectivity index (χ3n) is 3.46. The number of hydrogen-bond donors (Lipinski definition) is 0. The summed E-state index contributed by atoms with van der Waals surface area (Å²) in [5.41, 5.74) is 0. The van der Waals surface area contributed by atoms with Gasteiger partial charge in [-0.3, -0.25) is 4.79 Å². The minimum absolute atomic E-state index is 0.151. The summed E-state index contributed by atoms with van der Waals surface area (Å²) in [5, 5.41) is 1.96. The molecule has 0 N–H and O–H groups in total. The second-order valence-electron chi connectivity index (χ2n) is 4.65. The van der Waals surface area contributed by atoms with E-state index in [4.69, 9.17) is 0 Å². The fraction of sp³-hybridized carbons (Fsp3) is 0.357. The molecule has 19 heavy (non-hydrogen) atoms. The van der Waals surface area contributed by atoms with Gasteiger partial charge in [-0.15, -0.1) is 11.3 Å². The van der Waals surface area contributed by atoms with Crippen molar-refractivity contribution in [3.63, 3.8) is 0 Å². The lowest BCUT2D eigenvalue weighted by molar-refractivity contribution is 0.0904. The van der Waals surface area contributed by atoms with Gasteiger partial charge in [-0.25, -0.2) is 9.97 Å². The molecule has 4 nitrogen and oxygen atoms in total. The van der Waals surface area contributed by atoms with Crippen LogP contribution in [0.2, 0.25) is 0 Å². The lowest BCUT2D eigenvalue weighted by Crippen LogP contribution is -2.37. The minimum Gasteiger partial charge on any atom is -0.341 e. The first-order valence-electron chi connectivity index (χ1n) is 6.44. The van der Waals surface area contributed by atoms with E-state index >= 15 is 0 Å². The van der Waals surface area contributed by atoms with Crippen molar-refractivity contribution in [1.82, 2.24) is 9.97 Å². The molecule has 0 aliphatic carbocycles. The zero-order valence-electron chi connectivity index (χ0n) is 10.5. The summed E-state index contributed by atoms with van der Waals surface area (Å²) in [6.45, 7) is 1.71. The van der Waals surface area contributed by atoms with Crippen LogP contribution in [0.5, 0.6) is 0 Å². The Balaban J connectivity index is 1.62. The second-order valence-corrected chi connectivity index (χ2v) is 5.60. The molecule has 1 aliphatic rings. The van der Waals surface area contributed by atoms with E-state index in [9.17, 15) is 4.79 Å². The van der Waals surface area contributed by atoms with E-state index in [0.29, 0.717) is 5.78 Å². The molecule has 0 bridgehead atoms. The Morgan fingerprint density at radius 1 is 1.21 bits per heavy atom. The predicted molar refractivity (Wildman–Crippen MR) is 75.6 cm³/mol. The third kappa shape index (κ3) is 2.66. The van der Waals surface area contributed by atoms with Crippen LogP contribution in [0.1, 0.15) is 22.5 Å². The van der Waals surface area contributed by atoms with Crippen LogP contribution in [0.25, 0.3) is 0 Å². The molecule has 0 amide bonds. The number of thiophene rings is 1. The summed E-state index contributed by atoms with van der Waals surface area (Å²) in [6, 6.07) is 5.67. The maximum absolute atomic E-state index is 12.3. The van der Waals surface area contributed by atoms with Crippen molar-refractivity contribution in [3.05, 3.63) is 40.8 Å². The summed E-state index contributed by atoms with van der Waals surface area (Å²) >= 11 is 1.53. The van der Waals surface area contributed by atoms with Crippen LogP contribution in [0.3, 0.4) is 0 Å². The Labute approximate surface area is 116 Å². The molecule has 5 heteroatoms. The summed E-state index contributed by atoms with van der Waals surface area (Å²) < 4.78 is 0. The molecule has 0 atom stereocenters. The lowest BCUT2D eigenvalue weighted by atomic mass is 9.92. The topological polar surface area (TPSA) is 46.1 Å². The van der Waals surface area contributed by atoms with Crippen LogP contribution < -0.4 is 4.90 Å². The molecule has 0 unspecified atom stereocenters. The van der Waals surface area contributed by atoms with Crippen molar-refractivity contribution in [1.29, 1.82) is 0 Å². The van der Waals surface area contributed by atoms with Gasteiger partial charge in [0.15, 0.2) is 5.78 Å². The molecule has 0 radical (unpaired) electrons. The Kier molecular flexibility index (Phi) is 3.55. The molecule has 3 heterocycles. The maximum Gasteiger partial charge on any atom is 0.225 e. The van der Waals surface area contributed by atoms with Crippen LogP contribution in [0.4, 0.5) is 5.95 Å². The van der Waals surface area contributed by atoms with Gasteiger partial charge in [-0.1, -0.05) is 6.07 Å². The highest BCUT2D eigenvalue weighted by molar-refractivity contribution is 7.12. The number of ketones is 1. The highest BCUT2D eigenvalue weighted by atomic mass is 32.1. The van der Waals surface area contributed by atoms with Crippen LogP contribution in [-0.4, -0.2) is 28.8 Å². The number of piperidine rings is 1. The number of anilines is 1. The van der Waals surface area contributed by atoms with E-state index in [2.05, 4.69) is 14.9 Å². The molecular weight excluding hydrogens is 258 g/mol. The average Bonchev–Trinajstić information content (AvgIpc) is 3.02. The fourth-order valence-corrected chi connectivity index (χ4v) is 3.16. The van der Waals surface area contributed by atoms with Crippen LogP contribution in [0.15, 0.2) is 36.0 Å². The van der Waals surface area contributed by atoms with Crippen molar-refractivity contribution in [2.45, 2.75) is 12.8 Å². The predicted octanol–water partition coefficient (Wildman–Crippen LogP) is 2.64. The summed E-state index contributed by atoms with van der Waals surface area (Å²) in [5.74, 6) is 1.21. The normalized spacial score (nSPS) is 16.5. The smallest absolute Gasteiger partial charge is 0.225 e. The van der Waals surface area contributed by atoms with E-state index in [1.54, 1.807) is 12.4 Å². The van der Waals surface area contributed by atoms with Crippen LogP contribution in [-0.2, 0) is 0 Å². The third-order valence-corrected chi connectivity index (χ3v) is 4.35. The number of hydrogen-bond acceptors (Lipinski definition) is 5. The molecule has 0 spiro atoms. The monoisotopic (exact) mass is 273 g/mol. The first-order valence-corrected chi connectivity index (χ1v) is 7.32. The zero-order chi connectivity index (χ0) is 13.1. The van der Waals surface area contributed by atoms with Crippen molar-refractivity contribution in [2.24, 2.45) is 5.92 Å². The fourth-order valence-electron chi connectivity index (χ4n) is 2.42. The number of carbonyl (C=O) groups excluding carboxylic acids is 1. The minimum atomic E-state index is 0.151. The summed E-state index contributed by atoms with van der Waals surface area (Å²) in [7, 11) is 0. The number of carbonyl (C=O) groups is 1. The average molecular weight is 273 g/mol. The van der Waals surface area contributed by atoms with Crippen molar-refractivity contribution >= 4 is 23.1 Å². The van der Waals surface area contributed by atoms with Crippen LogP contribution in [0, 0.1) is 5.92 Å². The van der Waals surface area contributed by atoms with E-state index in [1.807, 2.05) is 23.6 Å². The van der Waals surface area contributed by atoms with Crippen molar-refractivity contribution < 1.29 is 4.79 Å². The number of rotatable bonds is 3. The molecule has 2 aromatic rings. The highest BCUT2D eigenvalue weighted by Gasteiger charge is 2.27. The largest absolute Gasteiger partial charge is 0.341 e. The Morgan fingerprint density at radius 2 is 1.95 bits per heavy atom. The van der Waals surface area contributed by atoms with Crippen molar-refractivity contribution in [2.75, 3.05) is 18.0 Å². The van der Waals surface area contributed by atoms with Crippen molar-refractivity contribution in [3.8, 4) is 0 Å². The number of Topliss-reactive ketones (excluding diaryl/α,β-unsaturated/α-hetero) is 1. The molecule has 98 valence electrons. The van der Waals surface area contributed by atoms with Gasteiger partial charge in [0.1, 0.15) is 0 Å². The summed E-state index contributed by atoms with van der Waals surface area (Å²) in [4.78, 5) is 23.8. The van der Waals surface area contributed by atoms with Gasteiger partial charge in [0.25, 0.3) is 0 Å². The lowest BCUT2D eigenvalue weighted by Gasteiger charge is -2.30. The Morgan fingerprint density at radius 3 is 2.58 bits per heavy atom.